The third-order valence-corrected chi connectivity index (χ3v) is 21.2. The largest absolute Gasteiger partial charge is 0.756 e. The monoisotopic (exact) mass is 1380 g/mol. The molecule has 0 aromatic carbocycles. The van der Waals surface area contributed by atoms with Crippen LogP contribution in [0, 0.1) is 0 Å². The van der Waals surface area contributed by atoms with Crippen molar-refractivity contribution >= 4 is 19.8 Å². The van der Waals surface area contributed by atoms with Gasteiger partial charge in [-0.1, -0.05) is 437 Å². The Morgan fingerprint density at radius 3 is 0.771 bits per heavy atom. The molecule has 0 aliphatic carbocycles. The highest BCUT2D eigenvalue weighted by Crippen LogP contribution is 2.38. The number of allylic oxidation sites excluding steroid dienone is 2. The number of likely N-dealkylation sites (N-methyl/N-ethyl adjacent to an activating group) is 1. The van der Waals surface area contributed by atoms with E-state index in [1.165, 1.54) is 411 Å². The van der Waals surface area contributed by atoms with Gasteiger partial charge in [0.05, 0.1) is 27.7 Å². The van der Waals surface area contributed by atoms with Gasteiger partial charge in [-0.05, 0) is 38.5 Å². The molecular formula is C86H170NO8P. The van der Waals surface area contributed by atoms with Gasteiger partial charge in [0, 0.05) is 12.8 Å². The van der Waals surface area contributed by atoms with Crippen molar-refractivity contribution in [2.75, 3.05) is 47.5 Å². The van der Waals surface area contributed by atoms with E-state index >= 15 is 0 Å². The number of hydrogen-bond acceptors (Lipinski definition) is 8. The number of ether oxygens (including phenoxy) is 2. The van der Waals surface area contributed by atoms with Gasteiger partial charge in [-0.2, -0.15) is 0 Å². The molecule has 0 aliphatic heterocycles. The Balaban J connectivity index is 3.84. The van der Waals surface area contributed by atoms with E-state index in [9.17, 15) is 19.0 Å². The smallest absolute Gasteiger partial charge is 0.306 e. The second kappa shape index (κ2) is 77.9. The summed E-state index contributed by atoms with van der Waals surface area (Å²) in [6, 6.07) is 0. The molecule has 96 heavy (non-hydrogen) atoms. The highest BCUT2D eigenvalue weighted by Gasteiger charge is 2.22. The molecule has 0 spiro atoms. The number of phosphoric ester groups is 1. The van der Waals surface area contributed by atoms with E-state index in [1.807, 2.05) is 21.1 Å². The average Bonchev–Trinajstić information content (AvgIpc) is 2.74. The number of carbonyl (C=O) groups is 2. The van der Waals surface area contributed by atoms with Gasteiger partial charge in [-0.15, -0.1) is 0 Å². The van der Waals surface area contributed by atoms with Crippen LogP contribution >= 0.6 is 7.82 Å². The van der Waals surface area contributed by atoms with Crippen LogP contribution in [-0.4, -0.2) is 70.0 Å². The van der Waals surface area contributed by atoms with Gasteiger partial charge in [-0.25, -0.2) is 0 Å². The summed E-state index contributed by atoms with van der Waals surface area (Å²) in [6.45, 7) is 4.35. The van der Waals surface area contributed by atoms with E-state index in [0.29, 0.717) is 17.4 Å². The minimum absolute atomic E-state index is 0.0254. The molecule has 572 valence electrons. The van der Waals surface area contributed by atoms with Crippen LogP contribution in [-0.2, 0) is 32.7 Å². The van der Waals surface area contributed by atoms with Crippen LogP contribution in [0.2, 0.25) is 0 Å². The van der Waals surface area contributed by atoms with E-state index in [1.54, 1.807) is 0 Å². The molecule has 0 aromatic heterocycles. The standard InChI is InChI=1S/C86H170NO8P/c1-6-8-10-12-14-16-18-20-22-24-26-28-30-32-34-36-38-40-42-43-45-46-48-50-52-54-56-58-60-62-64-66-68-70-72-74-76-78-85(88)92-82-84(83-94-96(90,91)93-81-80-87(3,4)5)95-86(89)79-77-75-73-71-69-67-65-63-61-59-57-55-53-51-49-47-44-41-39-37-35-33-31-29-27-25-23-21-19-17-15-13-11-9-7-2/h25,27,84H,6-24,26,28-83H2,1-5H3/b27-25-. The minimum atomic E-state index is -4.64. The van der Waals surface area contributed by atoms with Gasteiger partial charge in [0.15, 0.2) is 6.10 Å². The molecule has 10 heteroatoms. The molecule has 0 rings (SSSR count). The number of esters is 2. The summed E-state index contributed by atoms with van der Waals surface area (Å²) in [4.78, 5) is 38.2. The highest BCUT2D eigenvalue weighted by atomic mass is 31.2. The second-order valence-electron chi connectivity index (χ2n) is 31.3. The fourth-order valence-corrected chi connectivity index (χ4v) is 14.4. The minimum Gasteiger partial charge on any atom is -0.756 e. The summed E-state index contributed by atoms with van der Waals surface area (Å²) in [6.07, 6.45) is 99.5. The highest BCUT2D eigenvalue weighted by molar-refractivity contribution is 7.45. The van der Waals surface area contributed by atoms with Crippen molar-refractivity contribution in [2.24, 2.45) is 0 Å². The molecule has 0 radical (unpaired) electrons. The van der Waals surface area contributed by atoms with E-state index in [-0.39, 0.29) is 32.0 Å². The third-order valence-electron chi connectivity index (χ3n) is 20.3. The normalized spacial score (nSPS) is 12.9. The summed E-state index contributed by atoms with van der Waals surface area (Å²) in [7, 11) is 1.20. The molecule has 0 aromatic rings. The number of carbonyl (C=O) groups excluding carboxylic acids is 2. The third kappa shape index (κ3) is 81.7. The SMILES string of the molecule is CCCCCCCCCC/C=C\CCCCCCCCCCCCCCCCCCCCCCCCCC(=O)OC(COC(=O)CCCCCCCCCCCCCCCCCCCCCCCCCCCCCCCCCCCCCCC)COP(=O)([O-])OCC[N+](C)(C)C. The van der Waals surface area contributed by atoms with E-state index in [2.05, 4.69) is 26.0 Å². The first-order chi connectivity index (χ1) is 47.0. The molecular weight excluding hydrogens is 1210 g/mol. The molecule has 0 amide bonds. The number of rotatable bonds is 83. The van der Waals surface area contributed by atoms with Gasteiger partial charge in [-0.3, -0.25) is 14.2 Å². The Kier molecular flexibility index (Phi) is 76.9. The maximum atomic E-state index is 12.9. The van der Waals surface area contributed by atoms with Crippen molar-refractivity contribution in [3.05, 3.63) is 12.2 Å². The summed E-state index contributed by atoms with van der Waals surface area (Å²) in [5.74, 6) is -0.801. The lowest BCUT2D eigenvalue weighted by atomic mass is 10.0. The first-order valence-corrected chi connectivity index (χ1v) is 44.9. The van der Waals surface area contributed by atoms with E-state index in [4.69, 9.17) is 18.5 Å². The number of hydrogen-bond donors (Lipinski definition) is 0. The van der Waals surface area contributed by atoms with Crippen molar-refractivity contribution < 1.29 is 42.1 Å². The van der Waals surface area contributed by atoms with Crippen LogP contribution in [0.3, 0.4) is 0 Å². The van der Waals surface area contributed by atoms with Gasteiger partial charge < -0.3 is 27.9 Å². The lowest BCUT2D eigenvalue weighted by Crippen LogP contribution is -2.37. The Morgan fingerprint density at radius 2 is 0.531 bits per heavy atom. The van der Waals surface area contributed by atoms with Crippen molar-refractivity contribution in [3.63, 3.8) is 0 Å². The van der Waals surface area contributed by atoms with Crippen LogP contribution in [0.4, 0.5) is 0 Å². The molecule has 0 bridgehead atoms. The van der Waals surface area contributed by atoms with Gasteiger partial charge in [0.25, 0.3) is 7.82 Å². The van der Waals surface area contributed by atoms with Crippen LogP contribution in [0.25, 0.3) is 0 Å². The van der Waals surface area contributed by atoms with Crippen LogP contribution < -0.4 is 4.89 Å². The zero-order valence-corrected chi connectivity index (χ0v) is 66.5. The first kappa shape index (κ1) is 94.8. The molecule has 9 nitrogen and oxygen atoms in total. The van der Waals surface area contributed by atoms with Crippen molar-refractivity contribution in [2.45, 2.75) is 482 Å². The molecule has 2 atom stereocenters. The van der Waals surface area contributed by atoms with E-state index in [0.717, 1.165) is 32.1 Å². The lowest BCUT2D eigenvalue weighted by Gasteiger charge is -2.28. The predicted octanol–water partition coefficient (Wildman–Crippen LogP) is 28.3. The predicted molar refractivity (Wildman–Crippen MR) is 416 cm³/mol. The molecule has 0 aliphatic rings. The first-order valence-electron chi connectivity index (χ1n) is 43.4. The average molecular weight is 1380 g/mol. The number of phosphoric acid groups is 1. The van der Waals surface area contributed by atoms with Crippen LogP contribution in [0.5, 0.6) is 0 Å². The van der Waals surface area contributed by atoms with Crippen molar-refractivity contribution in [1.82, 2.24) is 0 Å². The molecule has 0 saturated heterocycles. The Morgan fingerprint density at radius 1 is 0.312 bits per heavy atom. The number of quaternary nitrogens is 1. The van der Waals surface area contributed by atoms with Crippen LogP contribution in [0.1, 0.15) is 476 Å². The van der Waals surface area contributed by atoms with Gasteiger partial charge in [0.1, 0.15) is 19.8 Å². The zero-order valence-electron chi connectivity index (χ0n) is 65.6. The quantitative estimate of drug-likeness (QED) is 0.0195. The fraction of sp³-hybridized carbons (Fsp3) is 0.953. The molecule has 0 heterocycles. The molecule has 0 N–H and O–H groups in total. The Bertz CT molecular complexity index is 1620. The lowest BCUT2D eigenvalue weighted by molar-refractivity contribution is -0.870. The summed E-state index contributed by atoms with van der Waals surface area (Å²) in [5, 5.41) is 0. The topological polar surface area (TPSA) is 111 Å². The zero-order chi connectivity index (χ0) is 69.7. The Hall–Kier alpha value is -1.25. The molecule has 0 fully saturated rings. The maximum Gasteiger partial charge on any atom is 0.306 e. The van der Waals surface area contributed by atoms with Gasteiger partial charge >= 0.3 is 11.9 Å². The van der Waals surface area contributed by atoms with E-state index < -0.39 is 26.5 Å². The maximum absolute atomic E-state index is 12.9. The Labute approximate surface area is 600 Å². The van der Waals surface area contributed by atoms with Crippen LogP contribution in [0.15, 0.2) is 12.2 Å². The van der Waals surface area contributed by atoms with Crippen molar-refractivity contribution in [3.8, 4) is 0 Å². The fourth-order valence-electron chi connectivity index (χ4n) is 13.7. The van der Waals surface area contributed by atoms with Crippen molar-refractivity contribution in [1.29, 1.82) is 0 Å². The summed E-state index contributed by atoms with van der Waals surface area (Å²) in [5.41, 5.74) is 0. The second-order valence-corrected chi connectivity index (χ2v) is 32.7. The number of unbranched alkanes of at least 4 members (excludes halogenated alkanes) is 67. The summed E-state index contributed by atoms with van der Waals surface area (Å²) < 4.78 is 34.5. The van der Waals surface area contributed by atoms with Gasteiger partial charge in [0.2, 0.25) is 0 Å². The molecule has 2 unspecified atom stereocenters. The number of nitrogens with zero attached hydrogens (tertiary/aromatic N) is 1. The summed E-state index contributed by atoms with van der Waals surface area (Å²) >= 11 is 0. The molecule has 0 saturated carbocycles.